The lowest BCUT2D eigenvalue weighted by Crippen LogP contribution is -2.57. The Balaban J connectivity index is 2.14. The predicted octanol–water partition coefficient (Wildman–Crippen LogP) is -3.08. The molecule has 2 heterocycles. The third-order valence-corrected chi connectivity index (χ3v) is 5.53. The van der Waals surface area contributed by atoms with Crippen LogP contribution in [0.3, 0.4) is 0 Å². The summed E-state index contributed by atoms with van der Waals surface area (Å²) in [4.78, 5) is 73.5. The van der Waals surface area contributed by atoms with Crippen LogP contribution in [0.2, 0.25) is 0 Å². The number of carboxylic acid groups (broad SMARTS) is 1. The van der Waals surface area contributed by atoms with Gasteiger partial charge in [0.2, 0.25) is 29.5 Å². The third kappa shape index (κ3) is 6.90. The molecule has 0 bridgehead atoms. The van der Waals surface area contributed by atoms with Crippen molar-refractivity contribution in [3.8, 4) is 0 Å². The standard InChI is InChI=1S/C19H30N6O7/c20-14(26)6-5-11(23-16(28)10-3-1-7-22-10)17(29)24-12(9-15(21)27)18(30)25-8-2-4-13(25)19(31)32/h10-13,22H,1-9H2,(H2,20,26)(H2,21,27)(H,23,28)(H,24,29)(H,31,32). The zero-order valence-electron chi connectivity index (χ0n) is 17.7. The fraction of sp³-hybridized carbons (Fsp3) is 0.684. The summed E-state index contributed by atoms with van der Waals surface area (Å²) >= 11 is 0. The van der Waals surface area contributed by atoms with E-state index in [9.17, 15) is 33.9 Å². The maximum Gasteiger partial charge on any atom is 0.326 e. The Hall–Kier alpha value is -3.22. The number of rotatable bonds is 11. The summed E-state index contributed by atoms with van der Waals surface area (Å²) < 4.78 is 0. The molecule has 2 fully saturated rings. The van der Waals surface area contributed by atoms with Crippen molar-refractivity contribution in [2.45, 2.75) is 69.1 Å². The van der Waals surface area contributed by atoms with Crippen molar-refractivity contribution in [2.24, 2.45) is 11.5 Å². The van der Waals surface area contributed by atoms with Crippen molar-refractivity contribution in [1.82, 2.24) is 20.9 Å². The highest BCUT2D eigenvalue weighted by Crippen LogP contribution is 2.19. The number of carboxylic acids is 1. The Morgan fingerprint density at radius 2 is 1.72 bits per heavy atom. The van der Waals surface area contributed by atoms with Gasteiger partial charge in [0.15, 0.2) is 0 Å². The molecule has 13 nitrogen and oxygen atoms in total. The highest BCUT2D eigenvalue weighted by molar-refractivity contribution is 5.96. The minimum Gasteiger partial charge on any atom is -0.480 e. The molecule has 5 amide bonds. The first-order valence-electron chi connectivity index (χ1n) is 10.5. The molecule has 2 aliphatic heterocycles. The second-order valence-corrected chi connectivity index (χ2v) is 7.97. The summed E-state index contributed by atoms with van der Waals surface area (Å²) in [6, 6.07) is -4.14. The number of carbonyl (C=O) groups is 6. The molecule has 0 aromatic carbocycles. The smallest absolute Gasteiger partial charge is 0.326 e. The monoisotopic (exact) mass is 454 g/mol. The molecular weight excluding hydrogens is 424 g/mol. The quantitative estimate of drug-likeness (QED) is 0.188. The molecule has 178 valence electrons. The highest BCUT2D eigenvalue weighted by atomic mass is 16.4. The van der Waals surface area contributed by atoms with Crippen LogP contribution in [0.4, 0.5) is 0 Å². The lowest BCUT2D eigenvalue weighted by Gasteiger charge is -2.28. The lowest BCUT2D eigenvalue weighted by atomic mass is 10.1. The zero-order chi connectivity index (χ0) is 23.8. The largest absolute Gasteiger partial charge is 0.480 e. The third-order valence-electron chi connectivity index (χ3n) is 5.53. The molecule has 0 aliphatic carbocycles. The molecule has 0 radical (unpaired) electrons. The van der Waals surface area contributed by atoms with E-state index in [1.807, 2.05) is 0 Å². The Morgan fingerprint density at radius 3 is 2.28 bits per heavy atom. The van der Waals surface area contributed by atoms with E-state index in [0.29, 0.717) is 19.4 Å². The van der Waals surface area contributed by atoms with Crippen LogP contribution in [-0.2, 0) is 28.8 Å². The average Bonchev–Trinajstić information content (AvgIpc) is 3.41. The number of hydrogen-bond donors (Lipinski definition) is 6. The summed E-state index contributed by atoms with van der Waals surface area (Å²) in [5.41, 5.74) is 10.4. The van der Waals surface area contributed by atoms with Gasteiger partial charge in [0.1, 0.15) is 18.1 Å². The Morgan fingerprint density at radius 1 is 1.00 bits per heavy atom. The molecule has 13 heteroatoms. The number of likely N-dealkylation sites (tertiary alicyclic amines) is 1. The molecule has 0 spiro atoms. The molecule has 4 unspecified atom stereocenters. The Kier molecular flexibility index (Phi) is 8.93. The Bertz CT molecular complexity index is 767. The first-order valence-corrected chi connectivity index (χ1v) is 10.5. The number of amides is 5. The van der Waals surface area contributed by atoms with Crippen LogP contribution in [0.15, 0.2) is 0 Å². The summed E-state index contributed by atoms with van der Waals surface area (Å²) in [5, 5.41) is 17.3. The van der Waals surface area contributed by atoms with E-state index in [0.717, 1.165) is 11.3 Å². The molecule has 8 N–H and O–H groups in total. The van der Waals surface area contributed by atoms with Gasteiger partial charge in [-0.1, -0.05) is 0 Å². The van der Waals surface area contributed by atoms with Gasteiger partial charge >= 0.3 is 5.97 Å². The molecule has 0 aromatic heterocycles. The number of nitrogens with one attached hydrogen (secondary N) is 3. The minimum absolute atomic E-state index is 0.113. The van der Waals surface area contributed by atoms with Crippen molar-refractivity contribution in [3.63, 3.8) is 0 Å². The number of carbonyl (C=O) groups excluding carboxylic acids is 5. The second-order valence-electron chi connectivity index (χ2n) is 7.97. The van der Waals surface area contributed by atoms with Gasteiger partial charge in [0.05, 0.1) is 12.5 Å². The molecule has 2 saturated heterocycles. The number of hydrogen-bond acceptors (Lipinski definition) is 7. The maximum atomic E-state index is 12.9. The maximum absolute atomic E-state index is 12.9. The molecular formula is C19H30N6O7. The normalized spacial score (nSPS) is 22.1. The average molecular weight is 454 g/mol. The molecule has 2 rings (SSSR count). The summed E-state index contributed by atoms with van der Waals surface area (Å²) in [5.74, 6) is -4.72. The van der Waals surface area contributed by atoms with Gasteiger partial charge in [-0.25, -0.2) is 4.79 Å². The first kappa shape index (κ1) is 25.0. The van der Waals surface area contributed by atoms with E-state index < -0.39 is 66.1 Å². The molecule has 0 saturated carbocycles. The second kappa shape index (κ2) is 11.4. The van der Waals surface area contributed by atoms with E-state index >= 15 is 0 Å². The number of aliphatic carboxylic acids is 1. The summed E-state index contributed by atoms with van der Waals surface area (Å²) in [6.07, 6.45) is 1.25. The first-order chi connectivity index (χ1) is 15.1. The van der Waals surface area contributed by atoms with Crippen LogP contribution < -0.4 is 27.4 Å². The van der Waals surface area contributed by atoms with Gasteiger partial charge < -0.3 is 37.4 Å². The number of nitrogens with zero attached hydrogens (tertiary/aromatic N) is 1. The van der Waals surface area contributed by atoms with Crippen LogP contribution in [0.5, 0.6) is 0 Å². The molecule has 0 aromatic rings. The van der Waals surface area contributed by atoms with Crippen LogP contribution in [0.1, 0.15) is 44.9 Å². The zero-order valence-corrected chi connectivity index (χ0v) is 17.7. The van der Waals surface area contributed by atoms with Gasteiger partial charge in [-0.2, -0.15) is 0 Å². The lowest BCUT2D eigenvalue weighted by molar-refractivity contribution is -0.149. The van der Waals surface area contributed by atoms with Crippen molar-refractivity contribution in [3.05, 3.63) is 0 Å². The van der Waals surface area contributed by atoms with Crippen LogP contribution in [0, 0.1) is 0 Å². The van der Waals surface area contributed by atoms with E-state index in [4.69, 9.17) is 11.5 Å². The SMILES string of the molecule is NC(=O)CCC(NC(=O)C1CCCN1)C(=O)NC(CC(N)=O)C(=O)N1CCCC1C(=O)O. The van der Waals surface area contributed by atoms with Crippen LogP contribution in [0.25, 0.3) is 0 Å². The molecule has 4 atom stereocenters. The fourth-order valence-electron chi connectivity index (χ4n) is 3.90. The van der Waals surface area contributed by atoms with Gasteiger partial charge in [0.25, 0.3) is 0 Å². The van der Waals surface area contributed by atoms with Gasteiger partial charge in [0, 0.05) is 13.0 Å². The number of nitrogens with two attached hydrogens (primary N) is 2. The van der Waals surface area contributed by atoms with Crippen molar-refractivity contribution in [2.75, 3.05) is 13.1 Å². The van der Waals surface area contributed by atoms with Crippen molar-refractivity contribution in [1.29, 1.82) is 0 Å². The highest BCUT2D eigenvalue weighted by Gasteiger charge is 2.39. The predicted molar refractivity (Wildman–Crippen MR) is 109 cm³/mol. The van der Waals surface area contributed by atoms with Crippen LogP contribution in [-0.4, -0.2) is 82.8 Å². The number of primary amides is 2. The van der Waals surface area contributed by atoms with E-state index in [1.54, 1.807) is 0 Å². The van der Waals surface area contributed by atoms with Crippen molar-refractivity contribution >= 4 is 35.5 Å². The fourth-order valence-corrected chi connectivity index (χ4v) is 3.90. The van der Waals surface area contributed by atoms with E-state index in [-0.39, 0.29) is 25.8 Å². The summed E-state index contributed by atoms with van der Waals surface area (Å²) in [7, 11) is 0. The van der Waals surface area contributed by atoms with Crippen LogP contribution >= 0.6 is 0 Å². The van der Waals surface area contributed by atoms with Gasteiger partial charge in [-0.15, -0.1) is 0 Å². The van der Waals surface area contributed by atoms with E-state index in [1.165, 1.54) is 0 Å². The molecule has 32 heavy (non-hydrogen) atoms. The Labute approximate surface area is 184 Å². The molecule has 2 aliphatic rings. The minimum atomic E-state index is -1.41. The van der Waals surface area contributed by atoms with Gasteiger partial charge in [-0.05, 0) is 38.6 Å². The van der Waals surface area contributed by atoms with Gasteiger partial charge in [-0.3, -0.25) is 24.0 Å². The topological polar surface area (TPSA) is 214 Å². The van der Waals surface area contributed by atoms with Crippen molar-refractivity contribution < 1.29 is 33.9 Å². The van der Waals surface area contributed by atoms with E-state index in [2.05, 4.69) is 16.0 Å². The summed E-state index contributed by atoms with van der Waals surface area (Å²) in [6.45, 7) is 0.822.